The molecule has 4 nitrogen and oxygen atoms in total. The van der Waals surface area contributed by atoms with Gasteiger partial charge in [0, 0.05) is 12.5 Å². The van der Waals surface area contributed by atoms with Gasteiger partial charge in [0.1, 0.15) is 0 Å². The van der Waals surface area contributed by atoms with Crippen LogP contribution in [0.15, 0.2) is 18.2 Å². The number of primary amides is 1. The molecule has 1 rings (SSSR count). The third-order valence-corrected chi connectivity index (χ3v) is 2.12. The van der Waals surface area contributed by atoms with E-state index in [2.05, 4.69) is 5.32 Å². The quantitative estimate of drug-likeness (QED) is 0.650. The van der Waals surface area contributed by atoms with Crippen molar-refractivity contribution in [1.29, 1.82) is 0 Å². The van der Waals surface area contributed by atoms with Crippen LogP contribution < -0.4 is 16.8 Å². The highest BCUT2D eigenvalue weighted by molar-refractivity contribution is 5.75. The number of benzene rings is 1. The fraction of sp³-hybridized carbons (Fsp3) is 0.364. The first-order valence-corrected chi connectivity index (χ1v) is 4.90. The average molecular weight is 207 g/mol. The summed E-state index contributed by atoms with van der Waals surface area (Å²) in [5.41, 5.74) is 13.6. The molecule has 5 N–H and O–H groups in total. The summed E-state index contributed by atoms with van der Waals surface area (Å²) in [6.07, 6.45) is 0.299. The summed E-state index contributed by atoms with van der Waals surface area (Å²) >= 11 is 0. The Kier molecular flexibility index (Phi) is 3.55. The van der Waals surface area contributed by atoms with Gasteiger partial charge in [-0.1, -0.05) is 6.07 Å². The van der Waals surface area contributed by atoms with Gasteiger partial charge >= 0.3 is 0 Å². The number of nitrogens with one attached hydrogen (secondary N) is 1. The molecule has 0 bridgehead atoms. The molecular formula is C11H17N3O. The maximum atomic E-state index is 10.7. The standard InChI is InChI=1S/C11H17N3O/c1-7-3-4-10(9(12)5-7)14-8(2)6-11(13)15/h3-5,8,14H,6,12H2,1-2H3,(H2,13,15). The smallest absolute Gasteiger partial charge is 0.219 e. The Hall–Kier alpha value is -1.71. The van der Waals surface area contributed by atoms with E-state index in [9.17, 15) is 4.79 Å². The summed E-state index contributed by atoms with van der Waals surface area (Å²) in [5.74, 6) is -0.319. The topological polar surface area (TPSA) is 81.1 Å². The van der Waals surface area contributed by atoms with E-state index >= 15 is 0 Å². The van der Waals surface area contributed by atoms with Gasteiger partial charge in [-0.2, -0.15) is 0 Å². The van der Waals surface area contributed by atoms with Crippen molar-refractivity contribution >= 4 is 17.3 Å². The van der Waals surface area contributed by atoms with E-state index < -0.39 is 0 Å². The molecule has 1 amide bonds. The fourth-order valence-electron chi connectivity index (χ4n) is 1.43. The Balaban J connectivity index is 2.68. The molecule has 0 aromatic heterocycles. The number of aryl methyl sites for hydroxylation is 1. The van der Waals surface area contributed by atoms with Crippen molar-refractivity contribution in [2.24, 2.45) is 5.73 Å². The lowest BCUT2D eigenvalue weighted by Crippen LogP contribution is -2.24. The molecule has 1 unspecified atom stereocenters. The molecule has 0 saturated carbocycles. The maximum absolute atomic E-state index is 10.7. The zero-order valence-electron chi connectivity index (χ0n) is 9.08. The number of carbonyl (C=O) groups is 1. The third-order valence-electron chi connectivity index (χ3n) is 2.12. The zero-order chi connectivity index (χ0) is 11.4. The van der Waals surface area contributed by atoms with E-state index in [-0.39, 0.29) is 11.9 Å². The number of hydrogen-bond donors (Lipinski definition) is 3. The summed E-state index contributed by atoms with van der Waals surface area (Å²) in [5, 5.41) is 3.14. The monoisotopic (exact) mass is 207 g/mol. The Morgan fingerprint density at radius 1 is 1.53 bits per heavy atom. The van der Waals surface area contributed by atoms with Crippen LogP contribution in [-0.4, -0.2) is 11.9 Å². The van der Waals surface area contributed by atoms with E-state index in [1.807, 2.05) is 32.0 Å². The normalized spacial score (nSPS) is 12.1. The lowest BCUT2D eigenvalue weighted by molar-refractivity contribution is -0.118. The van der Waals surface area contributed by atoms with Gasteiger partial charge in [0.2, 0.25) is 5.91 Å². The van der Waals surface area contributed by atoms with Crippen LogP contribution in [0.1, 0.15) is 18.9 Å². The van der Waals surface area contributed by atoms with Crippen LogP contribution in [0.3, 0.4) is 0 Å². The van der Waals surface area contributed by atoms with E-state index in [0.29, 0.717) is 12.1 Å². The number of carbonyl (C=O) groups excluding carboxylic acids is 1. The van der Waals surface area contributed by atoms with Crippen LogP contribution in [0, 0.1) is 6.92 Å². The second-order valence-electron chi connectivity index (χ2n) is 3.81. The Morgan fingerprint density at radius 2 is 2.20 bits per heavy atom. The lowest BCUT2D eigenvalue weighted by Gasteiger charge is -2.15. The predicted molar refractivity (Wildman–Crippen MR) is 62.5 cm³/mol. The molecule has 82 valence electrons. The van der Waals surface area contributed by atoms with E-state index in [4.69, 9.17) is 11.5 Å². The maximum Gasteiger partial charge on any atom is 0.219 e. The number of nitrogens with two attached hydrogens (primary N) is 2. The van der Waals surface area contributed by atoms with Gasteiger partial charge in [-0.25, -0.2) is 0 Å². The molecule has 0 aliphatic rings. The van der Waals surface area contributed by atoms with Crippen molar-refractivity contribution in [2.45, 2.75) is 26.3 Å². The number of amides is 1. The SMILES string of the molecule is Cc1ccc(NC(C)CC(N)=O)c(N)c1. The van der Waals surface area contributed by atoms with Crippen molar-refractivity contribution < 1.29 is 4.79 Å². The molecule has 0 heterocycles. The molecule has 0 fully saturated rings. The van der Waals surface area contributed by atoms with Crippen molar-refractivity contribution in [3.8, 4) is 0 Å². The van der Waals surface area contributed by atoms with E-state index in [1.54, 1.807) is 0 Å². The van der Waals surface area contributed by atoms with Crippen LogP contribution in [0.2, 0.25) is 0 Å². The summed E-state index contributed by atoms with van der Waals surface area (Å²) in [6.45, 7) is 3.87. The van der Waals surface area contributed by atoms with Crippen LogP contribution in [0.5, 0.6) is 0 Å². The highest BCUT2D eigenvalue weighted by Crippen LogP contribution is 2.20. The fourth-order valence-corrected chi connectivity index (χ4v) is 1.43. The first kappa shape index (κ1) is 11.4. The molecule has 1 aromatic rings. The van der Waals surface area contributed by atoms with E-state index in [0.717, 1.165) is 11.3 Å². The molecule has 15 heavy (non-hydrogen) atoms. The second-order valence-corrected chi connectivity index (χ2v) is 3.81. The molecule has 0 spiro atoms. The molecular weight excluding hydrogens is 190 g/mol. The van der Waals surface area contributed by atoms with Gasteiger partial charge in [-0.3, -0.25) is 4.79 Å². The minimum absolute atomic E-state index is 0.00694. The number of rotatable bonds is 4. The van der Waals surface area contributed by atoms with Crippen molar-refractivity contribution in [3.63, 3.8) is 0 Å². The van der Waals surface area contributed by atoms with Crippen molar-refractivity contribution in [1.82, 2.24) is 0 Å². The lowest BCUT2D eigenvalue weighted by atomic mass is 10.1. The van der Waals surface area contributed by atoms with Gasteiger partial charge in [-0.05, 0) is 31.5 Å². The van der Waals surface area contributed by atoms with Crippen LogP contribution >= 0.6 is 0 Å². The van der Waals surface area contributed by atoms with Gasteiger partial charge < -0.3 is 16.8 Å². The highest BCUT2D eigenvalue weighted by atomic mass is 16.1. The molecule has 0 saturated heterocycles. The first-order valence-electron chi connectivity index (χ1n) is 4.90. The van der Waals surface area contributed by atoms with Crippen LogP contribution in [0.25, 0.3) is 0 Å². The summed E-state index contributed by atoms with van der Waals surface area (Å²) in [6, 6.07) is 5.75. The third kappa shape index (κ3) is 3.50. The molecule has 0 aliphatic carbocycles. The Morgan fingerprint density at radius 3 is 2.73 bits per heavy atom. The van der Waals surface area contributed by atoms with Crippen molar-refractivity contribution in [2.75, 3.05) is 11.1 Å². The minimum atomic E-state index is -0.319. The largest absolute Gasteiger partial charge is 0.397 e. The predicted octanol–water partition coefficient (Wildman–Crippen LogP) is 1.25. The summed E-state index contributed by atoms with van der Waals surface area (Å²) in [7, 11) is 0. The molecule has 1 atom stereocenters. The average Bonchev–Trinajstić information content (AvgIpc) is 2.08. The molecule has 0 radical (unpaired) electrons. The van der Waals surface area contributed by atoms with Crippen LogP contribution in [0.4, 0.5) is 11.4 Å². The zero-order valence-corrected chi connectivity index (χ0v) is 9.08. The molecule has 4 heteroatoms. The summed E-state index contributed by atoms with van der Waals surface area (Å²) in [4.78, 5) is 10.7. The number of anilines is 2. The molecule has 1 aromatic carbocycles. The van der Waals surface area contributed by atoms with E-state index in [1.165, 1.54) is 0 Å². The van der Waals surface area contributed by atoms with Gasteiger partial charge in [0.15, 0.2) is 0 Å². The van der Waals surface area contributed by atoms with Crippen molar-refractivity contribution in [3.05, 3.63) is 23.8 Å². The Bertz CT molecular complexity index is 363. The minimum Gasteiger partial charge on any atom is -0.397 e. The number of hydrogen-bond acceptors (Lipinski definition) is 3. The van der Waals surface area contributed by atoms with Gasteiger partial charge in [-0.15, -0.1) is 0 Å². The van der Waals surface area contributed by atoms with Crippen LogP contribution in [-0.2, 0) is 4.79 Å². The Labute approximate surface area is 89.6 Å². The summed E-state index contributed by atoms with van der Waals surface area (Å²) < 4.78 is 0. The molecule has 0 aliphatic heterocycles. The highest BCUT2D eigenvalue weighted by Gasteiger charge is 2.07. The van der Waals surface area contributed by atoms with Gasteiger partial charge in [0.25, 0.3) is 0 Å². The first-order chi connectivity index (χ1) is 6.99. The second kappa shape index (κ2) is 4.68. The van der Waals surface area contributed by atoms with Gasteiger partial charge in [0.05, 0.1) is 11.4 Å². The number of nitrogen functional groups attached to an aromatic ring is 1.